The molecule has 0 spiro atoms. The molecular formula is C21H25F3N2O4S. The Morgan fingerprint density at radius 2 is 1.65 bits per heavy atom. The third-order valence-corrected chi connectivity index (χ3v) is 5.36. The molecular weight excluding hydrogens is 433 g/mol. The number of carbonyl (C=O) groups is 1. The number of halogens is 3. The molecule has 6 nitrogen and oxygen atoms in total. The van der Waals surface area contributed by atoms with Gasteiger partial charge in [-0.3, -0.25) is 0 Å². The number of carbonyl (C=O) groups excluding carboxylic acids is 1. The highest BCUT2D eigenvalue weighted by Crippen LogP contribution is 2.30. The summed E-state index contributed by atoms with van der Waals surface area (Å²) in [5.74, 6) is 0.173. The minimum atomic E-state index is -4.45. The first-order valence-electron chi connectivity index (χ1n) is 9.64. The molecule has 2 aromatic carbocycles. The highest BCUT2D eigenvalue weighted by atomic mass is 32.2. The number of benzene rings is 2. The van der Waals surface area contributed by atoms with Crippen molar-refractivity contribution in [3.8, 4) is 5.75 Å². The molecule has 0 atom stereocenters. The molecule has 0 aliphatic carbocycles. The molecule has 0 aliphatic heterocycles. The minimum Gasteiger partial charge on any atom is -0.382 e. The zero-order chi connectivity index (χ0) is 23.2. The SMILES string of the molecule is CCS(=O)(=O)Oc1ccc(CN(CC(C)C)C(=O)Nc2ccc(C(F)(F)F)cc2)cc1. The lowest BCUT2D eigenvalue weighted by atomic mass is 10.1. The highest BCUT2D eigenvalue weighted by Gasteiger charge is 2.30. The molecule has 10 heteroatoms. The van der Waals surface area contributed by atoms with Gasteiger partial charge in [0.1, 0.15) is 5.75 Å². The van der Waals surface area contributed by atoms with E-state index >= 15 is 0 Å². The average molecular weight is 459 g/mol. The number of amides is 2. The van der Waals surface area contributed by atoms with Gasteiger partial charge < -0.3 is 14.4 Å². The predicted molar refractivity (Wildman–Crippen MR) is 112 cm³/mol. The summed E-state index contributed by atoms with van der Waals surface area (Å²) >= 11 is 0. The Labute approximate surface area is 180 Å². The third kappa shape index (κ3) is 7.78. The van der Waals surface area contributed by atoms with E-state index in [0.717, 1.165) is 17.7 Å². The molecule has 0 unspecified atom stereocenters. The van der Waals surface area contributed by atoms with Crippen LogP contribution < -0.4 is 9.50 Å². The van der Waals surface area contributed by atoms with Crippen molar-refractivity contribution in [2.75, 3.05) is 17.6 Å². The van der Waals surface area contributed by atoms with Gasteiger partial charge in [0.25, 0.3) is 0 Å². The van der Waals surface area contributed by atoms with Gasteiger partial charge in [0, 0.05) is 18.8 Å². The van der Waals surface area contributed by atoms with Gasteiger partial charge in [0.2, 0.25) is 0 Å². The second-order valence-corrected chi connectivity index (χ2v) is 9.21. The van der Waals surface area contributed by atoms with Crippen LogP contribution in [0, 0.1) is 5.92 Å². The van der Waals surface area contributed by atoms with Crippen molar-refractivity contribution in [2.45, 2.75) is 33.5 Å². The van der Waals surface area contributed by atoms with E-state index in [1.165, 1.54) is 36.1 Å². The molecule has 0 aromatic heterocycles. The molecule has 2 aromatic rings. The first-order valence-corrected chi connectivity index (χ1v) is 11.2. The summed E-state index contributed by atoms with van der Waals surface area (Å²) in [5, 5.41) is 2.61. The first kappa shape index (κ1) is 24.5. The number of rotatable bonds is 8. The Balaban J connectivity index is 2.09. The van der Waals surface area contributed by atoms with Crippen molar-refractivity contribution in [2.24, 2.45) is 5.92 Å². The zero-order valence-corrected chi connectivity index (χ0v) is 18.3. The second kappa shape index (κ2) is 10.0. The van der Waals surface area contributed by atoms with Crippen molar-refractivity contribution in [1.29, 1.82) is 0 Å². The van der Waals surface area contributed by atoms with Gasteiger partial charge in [-0.2, -0.15) is 21.6 Å². The molecule has 0 fully saturated rings. The Kier molecular flexibility index (Phi) is 7.94. The normalized spacial score (nSPS) is 12.0. The molecule has 1 N–H and O–H groups in total. The maximum atomic E-state index is 12.7. The van der Waals surface area contributed by atoms with E-state index in [4.69, 9.17) is 4.18 Å². The molecule has 0 radical (unpaired) electrons. The van der Waals surface area contributed by atoms with Crippen LogP contribution in [-0.4, -0.2) is 31.6 Å². The summed E-state index contributed by atoms with van der Waals surface area (Å²) in [6.45, 7) is 5.99. The second-order valence-electron chi connectivity index (χ2n) is 7.35. The number of hydrogen-bond acceptors (Lipinski definition) is 4. The van der Waals surface area contributed by atoms with Crippen molar-refractivity contribution in [3.63, 3.8) is 0 Å². The van der Waals surface area contributed by atoms with Crippen molar-refractivity contribution in [3.05, 3.63) is 59.7 Å². The van der Waals surface area contributed by atoms with Crippen molar-refractivity contribution < 1.29 is 30.6 Å². The Morgan fingerprint density at radius 1 is 1.06 bits per heavy atom. The summed E-state index contributed by atoms with van der Waals surface area (Å²) in [5.41, 5.74) is 0.196. The van der Waals surface area contributed by atoms with Crippen LogP contribution in [0.25, 0.3) is 0 Å². The fourth-order valence-electron chi connectivity index (χ4n) is 2.68. The molecule has 0 saturated heterocycles. The quantitative estimate of drug-likeness (QED) is 0.557. The minimum absolute atomic E-state index is 0.149. The predicted octanol–water partition coefficient (Wildman–Crippen LogP) is 5.12. The number of hydrogen-bond donors (Lipinski definition) is 1. The highest BCUT2D eigenvalue weighted by molar-refractivity contribution is 7.87. The van der Waals surface area contributed by atoms with E-state index in [0.29, 0.717) is 6.54 Å². The maximum Gasteiger partial charge on any atom is 0.416 e. The molecule has 0 bridgehead atoms. The topological polar surface area (TPSA) is 75.7 Å². The maximum absolute atomic E-state index is 12.7. The van der Waals surface area contributed by atoms with Crippen LogP contribution in [0.2, 0.25) is 0 Å². The van der Waals surface area contributed by atoms with E-state index in [1.807, 2.05) is 13.8 Å². The van der Waals surface area contributed by atoms with Crippen molar-refractivity contribution in [1.82, 2.24) is 4.90 Å². The summed E-state index contributed by atoms with van der Waals surface area (Å²) in [4.78, 5) is 14.2. The van der Waals surface area contributed by atoms with Gasteiger partial charge in [0.05, 0.1) is 11.3 Å². The molecule has 2 rings (SSSR count). The smallest absolute Gasteiger partial charge is 0.382 e. The van der Waals surface area contributed by atoms with E-state index in [-0.39, 0.29) is 29.7 Å². The van der Waals surface area contributed by atoms with Crippen LogP contribution >= 0.6 is 0 Å². The lowest BCUT2D eigenvalue weighted by molar-refractivity contribution is -0.137. The summed E-state index contributed by atoms with van der Waals surface area (Å²) < 4.78 is 66.1. The zero-order valence-electron chi connectivity index (χ0n) is 17.4. The summed E-state index contributed by atoms with van der Waals surface area (Å²) in [6, 6.07) is 10.1. The van der Waals surface area contributed by atoms with E-state index in [1.54, 1.807) is 12.1 Å². The van der Waals surface area contributed by atoms with Crippen LogP contribution in [0.4, 0.5) is 23.7 Å². The third-order valence-electron chi connectivity index (χ3n) is 4.21. The van der Waals surface area contributed by atoms with Gasteiger partial charge in [-0.1, -0.05) is 26.0 Å². The Morgan fingerprint density at radius 3 is 2.13 bits per heavy atom. The van der Waals surface area contributed by atoms with Crippen molar-refractivity contribution >= 4 is 21.8 Å². The summed E-state index contributed by atoms with van der Waals surface area (Å²) in [6.07, 6.45) is -4.45. The van der Waals surface area contributed by atoms with Gasteiger partial charge in [-0.05, 0) is 54.8 Å². The van der Waals surface area contributed by atoms with Gasteiger partial charge in [0.15, 0.2) is 0 Å². The van der Waals surface area contributed by atoms with Crippen LogP contribution in [0.1, 0.15) is 31.9 Å². The van der Waals surface area contributed by atoms with Gasteiger partial charge in [-0.15, -0.1) is 0 Å². The van der Waals surface area contributed by atoms with Crippen LogP contribution in [0.15, 0.2) is 48.5 Å². The molecule has 0 heterocycles. The van der Waals surface area contributed by atoms with E-state index in [9.17, 15) is 26.4 Å². The van der Waals surface area contributed by atoms with Crippen LogP contribution in [0.5, 0.6) is 5.75 Å². The average Bonchev–Trinajstić information content (AvgIpc) is 2.68. The number of nitrogens with zero attached hydrogens (tertiary/aromatic N) is 1. The van der Waals surface area contributed by atoms with E-state index in [2.05, 4.69) is 5.32 Å². The first-order chi connectivity index (χ1) is 14.4. The molecule has 0 aliphatic rings. The van der Waals surface area contributed by atoms with Crippen LogP contribution in [0.3, 0.4) is 0 Å². The fraction of sp³-hybridized carbons (Fsp3) is 0.381. The number of urea groups is 1. The lowest BCUT2D eigenvalue weighted by Crippen LogP contribution is -2.37. The largest absolute Gasteiger partial charge is 0.416 e. The molecule has 2 amide bonds. The van der Waals surface area contributed by atoms with Gasteiger partial charge >= 0.3 is 22.3 Å². The fourth-order valence-corrected chi connectivity index (χ4v) is 3.20. The monoisotopic (exact) mass is 458 g/mol. The van der Waals surface area contributed by atoms with Gasteiger partial charge in [-0.25, -0.2) is 4.79 Å². The molecule has 0 saturated carbocycles. The number of anilines is 1. The molecule has 170 valence electrons. The standard InChI is InChI=1S/C21H25F3N2O4S/c1-4-31(28,29)30-19-11-5-16(6-12-19)14-26(13-15(2)3)20(27)25-18-9-7-17(8-10-18)21(22,23)24/h5-12,15H,4,13-14H2,1-3H3,(H,25,27). The van der Waals surface area contributed by atoms with Crippen LogP contribution in [-0.2, 0) is 22.8 Å². The number of nitrogens with one attached hydrogen (secondary N) is 1. The molecule has 31 heavy (non-hydrogen) atoms. The van der Waals surface area contributed by atoms with E-state index < -0.39 is 27.9 Å². The number of alkyl halides is 3. The lowest BCUT2D eigenvalue weighted by Gasteiger charge is -2.25. The summed E-state index contributed by atoms with van der Waals surface area (Å²) in [7, 11) is -3.63. The Hall–Kier alpha value is -2.75. The Bertz CT molecular complexity index is 973.